The van der Waals surface area contributed by atoms with Gasteiger partial charge in [0.1, 0.15) is 5.75 Å². The fourth-order valence-corrected chi connectivity index (χ4v) is 4.85. The number of halogens is 4. The molecule has 1 fully saturated rings. The molecule has 1 saturated heterocycles. The van der Waals surface area contributed by atoms with Gasteiger partial charge in [-0.1, -0.05) is 23.7 Å². The van der Waals surface area contributed by atoms with Gasteiger partial charge in [-0.15, -0.1) is 13.2 Å². The normalized spacial score (nSPS) is 16.3. The van der Waals surface area contributed by atoms with Gasteiger partial charge in [0.2, 0.25) is 15.9 Å². The molecule has 162 valence electrons. The Balaban J connectivity index is 1.64. The highest BCUT2D eigenvalue weighted by atomic mass is 35.5. The summed E-state index contributed by atoms with van der Waals surface area (Å²) in [5.74, 6) is -1.25. The van der Waals surface area contributed by atoms with E-state index in [1.807, 2.05) is 0 Å². The predicted octanol–water partition coefficient (Wildman–Crippen LogP) is 4.28. The van der Waals surface area contributed by atoms with Crippen molar-refractivity contribution in [2.24, 2.45) is 5.92 Å². The first kappa shape index (κ1) is 22.4. The standard InChI is InChI=1S/C19H18ClF3N2O4S/c20-14-3-1-4-15(11-14)24-18(26)13-7-9-25(10-8-13)30(27,28)17-6-2-5-16(12-17)29-19(21,22)23/h1-6,11-13H,7-10H2,(H,24,26). The molecular formula is C19H18ClF3N2O4S. The van der Waals surface area contributed by atoms with Crippen LogP contribution in [0.4, 0.5) is 18.9 Å². The largest absolute Gasteiger partial charge is 0.573 e. The summed E-state index contributed by atoms with van der Waals surface area (Å²) in [6, 6.07) is 10.9. The maximum Gasteiger partial charge on any atom is 0.573 e. The Labute approximate surface area is 176 Å². The number of ether oxygens (including phenoxy) is 1. The van der Waals surface area contributed by atoms with Gasteiger partial charge in [-0.05, 0) is 43.2 Å². The molecule has 0 unspecified atom stereocenters. The number of piperidine rings is 1. The molecule has 0 atom stereocenters. The second-order valence-corrected chi connectivity index (χ2v) is 9.07. The van der Waals surface area contributed by atoms with E-state index in [2.05, 4.69) is 10.1 Å². The molecule has 1 aliphatic rings. The summed E-state index contributed by atoms with van der Waals surface area (Å²) in [5, 5.41) is 3.23. The lowest BCUT2D eigenvalue weighted by Crippen LogP contribution is -2.41. The summed E-state index contributed by atoms with van der Waals surface area (Å²) < 4.78 is 67.7. The van der Waals surface area contributed by atoms with E-state index in [-0.39, 0.29) is 36.7 Å². The van der Waals surface area contributed by atoms with Crippen LogP contribution in [0.5, 0.6) is 5.75 Å². The smallest absolute Gasteiger partial charge is 0.406 e. The van der Waals surface area contributed by atoms with Gasteiger partial charge in [-0.3, -0.25) is 4.79 Å². The number of hydrogen-bond acceptors (Lipinski definition) is 4. The van der Waals surface area contributed by atoms with Crippen LogP contribution in [0.2, 0.25) is 5.02 Å². The number of sulfonamides is 1. The molecule has 2 aromatic carbocycles. The molecule has 3 rings (SSSR count). The van der Waals surface area contributed by atoms with Crippen molar-refractivity contribution < 1.29 is 31.1 Å². The third-order valence-corrected chi connectivity index (χ3v) is 6.72. The summed E-state index contributed by atoms with van der Waals surface area (Å²) in [4.78, 5) is 12.1. The fraction of sp³-hybridized carbons (Fsp3) is 0.316. The van der Waals surface area contributed by atoms with Gasteiger partial charge in [0.25, 0.3) is 0 Å². The Bertz CT molecular complexity index is 1020. The first-order valence-electron chi connectivity index (χ1n) is 8.97. The molecule has 0 saturated carbocycles. The van der Waals surface area contributed by atoms with E-state index in [9.17, 15) is 26.4 Å². The van der Waals surface area contributed by atoms with Crippen molar-refractivity contribution in [1.29, 1.82) is 0 Å². The number of carbonyl (C=O) groups excluding carboxylic acids is 1. The van der Waals surface area contributed by atoms with Crippen LogP contribution in [0.25, 0.3) is 0 Å². The molecule has 6 nitrogen and oxygen atoms in total. The van der Waals surface area contributed by atoms with Crippen LogP contribution in [0, 0.1) is 5.92 Å². The van der Waals surface area contributed by atoms with Gasteiger partial charge in [0, 0.05) is 35.8 Å². The van der Waals surface area contributed by atoms with Crippen LogP contribution >= 0.6 is 11.6 Å². The average Bonchev–Trinajstić information content (AvgIpc) is 2.67. The highest BCUT2D eigenvalue weighted by molar-refractivity contribution is 7.89. The molecule has 0 aromatic heterocycles. The van der Waals surface area contributed by atoms with Gasteiger partial charge >= 0.3 is 6.36 Å². The zero-order valence-corrected chi connectivity index (χ0v) is 17.1. The van der Waals surface area contributed by atoms with E-state index in [1.165, 1.54) is 12.1 Å². The van der Waals surface area contributed by atoms with Gasteiger partial charge < -0.3 is 10.1 Å². The highest BCUT2D eigenvalue weighted by Gasteiger charge is 2.34. The first-order chi connectivity index (χ1) is 14.0. The zero-order valence-electron chi connectivity index (χ0n) is 15.5. The lowest BCUT2D eigenvalue weighted by atomic mass is 9.97. The summed E-state index contributed by atoms with van der Waals surface area (Å²) >= 11 is 5.89. The predicted molar refractivity (Wildman–Crippen MR) is 105 cm³/mol. The lowest BCUT2D eigenvalue weighted by Gasteiger charge is -2.30. The summed E-state index contributed by atoms with van der Waals surface area (Å²) in [6.07, 6.45) is -4.36. The third-order valence-electron chi connectivity index (χ3n) is 4.59. The quantitative estimate of drug-likeness (QED) is 0.719. The summed E-state index contributed by atoms with van der Waals surface area (Å²) in [5.41, 5.74) is 0.545. The molecule has 11 heteroatoms. The maximum atomic E-state index is 12.8. The Morgan fingerprint density at radius 3 is 2.40 bits per heavy atom. The van der Waals surface area contributed by atoms with Crippen molar-refractivity contribution in [2.45, 2.75) is 24.1 Å². The number of rotatable bonds is 5. The Morgan fingerprint density at radius 1 is 1.10 bits per heavy atom. The SMILES string of the molecule is O=C(Nc1cccc(Cl)c1)C1CCN(S(=O)(=O)c2cccc(OC(F)(F)F)c2)CC1. The number of alkyl halides is 3. The average molecular weight is 463 g/mol. The van der Waals surface area contributed by atoms with Crippen LogP contribution in [0.3, 0.4) is 0 Å². The van der Waals surface area contributed by atoms with Crippen LogP contribution in [-0.4, -0.2) is 38.1 Å². The topological polar surface area (TPSA) is 75.7 Å². The van der Waals surface area contributed by atoms with Crippen molar-refractivity contribution >= 4 is 33.2 Å². The monoisotopic (exact) mass is 462 g/mol. The molecule has 0 radical (unpaired) electrons. The van der Waals surface area contributed by atoms with Crippen molar-refractivity contribution in [3.05, 3.63) is 53.6 Å². The van der Waals surface area contributed by atoms with E-state index in [0.29, 0.717) is 10.7 Å². The molecule has 0 bridgehead atoms. The minimum Gasteiger partial charge on any atom is -0.406 e. The molecule has 0 spiro atoms. The van der Waals surface area contributed by atoms with Gasteiger partial charge in [0.05, 0.1) is 4.90 Å². The fourth-order valence-electron chi connectivity index (χ4n) is 3.15. The summed E-state index contributed by atoms with van der Waals surface area (Å²) in [7, 11) is -4.02. The van der Waals surface area contributed by atoms with E-state index >= 15 is 0 Å². The van der Waals surface area contributed by atoms with Crippen molar-refractivity contribution in [3.8, 4) is 5.75 Å². The molecule has 1 N–H and O–H groups in total. The molecule has 1 amide bonds. The van der Waals surface area contributed by atoms with E-state index in [1.54, 1.807) is 24.3 Å². The minimum absolute atomic E-state index is 0.0698. The number of nitrogens with one attached hydrogen (secondary N) is 1. The number of benzene rings is 2. The molecular weight excluding hydrogens is 445 g/mol. The molecule has 1 aliphatic heterocycles. The molecule has 0 aliphatic carbocycles. The molecule has 30 heavy (non-hydrogen) atoms. The number of carbonyl (C=O) groups is 1. The number of hydrogen-bond donors (Lipinski definition) is 1. The van der Waals surface area contributed by atoms with Crippen LogP contribution < -0.4 is 10.1 Å². The Kier molecular flexibility index (Phi) is 6.59. The van der Waals surface area contributed by atoms with E-state index in [4.69, 9.17) is 11.6 Å². The van der Waals surface area contributed by atoms with Gasteiger partial charge in [0.15, 0.2) is 0 Å². The van der Waals surface area contributed by atoms with Crippen LogP contribution in [0.1, 0.15) is 12.8 Å². The van der Waals surface area contributed by atoms with E-state index < -0.39 is 28.1 Å². The second kappa shape index (κ2) is 8.83. The molecule has 2 aromatic rings. The second-order valence-electron chi connectivity index (χ2n) is 6.70. The maximum absolute atomic E-state index is 12.8. The van der Waals surface area contributed by atoms with Crippen molar-refractivity contribution in [1.82, 2.24) is 4.31 Å². The van der Waals surface area contributed by atoms with Gasteiger partial charge in [-0.25, -0.2) is 8.42 Å². The van der Waals surface area contributed by atoms with Crippen molar-refractivity contribution in [2.75, 3.05) is 18.4 Å². The van der Waals surface area contributed by atoms with E-state index in [0.717, 1.165) is 16.4 Å². The van der Waals surface area contributed by atoms with Gasteiger partial charge in [-0.2, -0.15) is 4.31 Å². The third kappa shape index (κ3) is 5.65. The molecule has 1 heterocycles. The van der Waals surface area contributed by atoms with Crippen molar-refractivity contribution in [3.63, 3.8) is 0 Å². The lowest BCUT2D eigenvalue weighted by molar-refractivity contribution is -0.274. The number of anilines is 1. The Hall–Kier alpha value is -2.30. The highest BCUT2D eigenvalue weighted by Crippen LogP contribution is 2.29. The summed E-state index contributed by atoms with van der Waals surface area (Å²) in [6.45, 7) is 0.140. The Morgan fingerprint density at radius 2 is 1.77 bits per heavy atom. The number of nitrogens with zero attached hydrogens (tertiary/aromatic N) is 1. The minimum atomic E-state index is -4.92. The number of amides is 1. The van der Waals surface area contributed by atoms with Crippen LogP contribution in [-0.2, 0) is 14.8 Å². The zero-order chi connectivity index (χ0) is 21.9. The first-order valence-corrected chi connectivity index (χ1v) is 10.8. The van der Waals surface area contributed by atoms with Crippen LogP contribution in [0.15, 0.2) is 53.4 Å².